The minimum absolute atomic E-state index is 0.0597. The van der Waals surface area contributed by atoms with Crippen LogP contribution in [-0.4, -0.2) is 14.9 Å². The van der Waals surface area contributed by atoms with E-state index in [1.165, 1.54) is 4.68 Å². The van der Waals surface area contributed by atoms with E-state index in [2.05, 4.69) is 5.10 Å². The molecule has 0 aliphatic carbocycles. The summed E-state index contributed by atoms with van der Waals surface area (Å²) in [6, 6.07) is 8.51. The molecule has 1 aromatic heterocycles. The lowest BCUT2D eigenvalue weighted by molar-refractivity contribution is 0.471. The lowest BCUT2D eigenvalue weighted by atomic mass is 10.1. The molecule has 0 saturated carbocycles. The average molecular weight is 231 g/mol. The van der Waals surface area contributed by atoms with Crippen LogP contribution in [0.2, 0.25) is 0 Å². The molecular formula is C12H13N3O2. The molecule has 0 unspecified atom stereocenters. The highest BCUT2D eigenvalue weighted by atomic mass is 16.3. The largest absolute Gasteiger partial charge is 0.504 e. The highest BCUT2D eigenvalue weighted by molar-refractivity contribution is 5.46. The molecule has 0 atom stereocenters. The van der Waals surface area contributed by atoms with Gasteiger partial charge in [0.25, 0.3) is 5.56 Å². The van der Waals surface area contributed by atoms with Crippen molar-refractivity contribution in [1.82, 2.24) is 9.78 Å². The van der Waals surface area contributed by atoms with Crippen LogP contribution in [0.4, 0.5) is 5.82 Å². The number of aromatic hydroxyl groups is 1. The van der Waals surface area contributed by atoms with Crippen LogP contribution in [0.5, 0.6) is 5.75 Å². The molecule has 0 aliphatic rings. The molecule has 0 radical (unpaired) electrons. The summed E-state index contributed by atoms with van der Waals surface area (Å²) in [5.41, 5.74) is 6.77. The molecule has 0 spiro atoms. The summed E-state index contributed by atoms with van der Waals surface area (Å²) in [4.78, 5) is 11.7. The van der Waals surface area contributed by atoms with E-state index in [1.54, 1.807) is 6.07 Å². The van der Waals surface area contributed by atoms with Gasteiger partial charge in [0.1, 0.15) is 0 Å². The first-order valence-electron chi connectivity index (χ1n) is 5.30. The first-order chi connectivity index (χ1) is 8.13. The Hall–Kier alpha value is -2.30. The van der Waals surface area contributed by atoms with E-state index in [1.807, 2.05) is 25.1 Å². The Morgan fingerprint density at radius 2 is 2.12 bits per heavy atom. The van der Waals surface area contributed by atoms with Crippen LogP contribution in [0.25, 0.3) is 5.69 Å². The number of nitrogen functional groups attached to an aromatic ring is 1. The lowest BCUT2D eigenvalue weighted by Gasteiger charge is -2.09. The Morgan fingerprint density at radius 3 is 2.82 bits per heavy atom. The summed E-state index contributed by atoms with van der Waals surface area (Å²) in [6.07, 6.45) is 0.783. The van der Waals surface area contributed by atoms with Gasteiger partial charge in [-0.15, -0.1) is 5.10 Å². The zero-order valence-electron chi connectivity index (χ0n) is 9.42. The van der Waals surface area contributed by atoms with Crippen molar-refractivity contribution in [2.75, 3.05) is 5.73 Å². The van der Waals surface area contributed by atoms with Gasteiger partial charge in [-0.2, -0.15) is 4.68 Å². The van der Waals surface area contributed by atoms with Crippen molar-refractivity contribution < 1.29 is 5.11 Å². The Kier molecular flexibility index (Phi) is 2.82. The molecule has 0 aliphatic heterocycles. The maximum absolute atomic E-state index is 11.7. The van der Waals surface area contributed by atoms with Crippen LogP contribution in [0, 0.1) is 0 Å². The zero-order chi connectivity index (χ0) is 12.4. The van der Waals surface area contributed by atoms with Crippen molar-refractivity contribution in [1.29, 1.82) is 0 Å². The van der Waals surface area contributed by atoms with E-state index in [-0.39, 0.29) is 11.6 Å². The van der Waals surface area contributed by atoms with Gasteiger partial charge in [-0.05, 0) is 18.1 Å². The molecule has 17 heavy (non-hydrogen) atoms. The van der Waals surface area contributed by atoms with E-state index in [0.717, 1.165) is 18.1 Å². The van der Waals surface area contributed by atoms with Crippen molar-refractivity contribution in [2.45, 2.75) is 13.3 Å². The number of benzene rings is 1. The van der Waals surface area contributed by atoms with Crippen LogP contribution in [0.3, 0.4) is 0 Å². The summed E-state index contributed by atoms with van der Waals surface area (Å²) < 4.78 is 1.20. The fourth-order valence-electron chi connectivity index (χ4n) is 1.65. The van der Waals surface area contributed by atoms with E-state index >= 15 is 0 Å². The van der Waals surface area contributed by atoms with Crippen LogP contribution in [0.1, 0.15) is 12.5 Å². The predicted octanol–water partition coefficient (Wildman–Crippen LogP) is 1.08. The molecule has 88 valence electrons. The molecule has 0 fully saturated rings. The summed E-state index contributed by atoms with van der Waals surface area (Å²) in [5.74, 6) is -0.351. The van der Waals surface area contributed by atoms with Crippen LogP contribution in [-0.2, 0) is 6.42 Å². The van der Waals surface area contributed by atoms with Crippen molar-refractivity contribution in [3.8, 4) is 11.4 Å². The molecule has 2 aromatic rings. The zero-order valence-corrected chi connectivity index (χ0v) is 9.42. The number of rotatable bonds is 2. The molecule has 0 bridgehead atoms. The molecule has 5 nitrogen and oxygen atoms in total. The summed E-state index contributed by atoms with van der Waals surface area (Å²) in [6.45, 7) is 1.99. The van der Waals surface area contributed by atoms with Gasteiger partial charge >= 0.3 is 0 Å². The smallest absolute Gasteiger partial charge is 0.275 e. The van der Waals surface area contributed by atoms with Crippen LogP contribution >= 0.6 is 0 Å². The second-order valence-electron chi connectivity index (χ2n) is 3.65. The first kappa shape index (κ1) is 11.2. The van der Waals surface area contributed by atoms with Gasteiger partial charge in [0.2, 0.25) is 0 Å². The van der Waals surface area contributed by atoms with E-state index in [0.29, 0.717) is 5.69 Å². The normalized spacial score (nSPS) is 10.4. The minimum Gasteiger partial charge on any atom is -0.504 e. The Labute approximate surface area is 98.1 Å². The third kappa shape index (κ3) is 1.99. The van der Waals surface area contributed by atoms with Gasteiger partial charge < -0.3 is 10.8 Å². The topological polar surface area (TPSA) is 81.1 Å². The number of hydrogen-bond acceptors (Lipinski definition) is 4. The van der Waals surface area contributed by atoms with Gasteiger partial charge in [0.15, 0.2) is 11.6 Å². The SMILES string of the molecule is CCc1ccccc1-n1nc(N)c(O)cc1=O. The highest BCUT2D eigenvalue weighted by Crippen LogP contribution is 2.16. The van der Waals surface area contributed by atoms with E-state index < -0.39 is 5.56 Å². The van der Waals surface area contributed by atoms with Gasteiger partial charge in [-0.1, -0.05) is 25.1 Å². The minimum atomic E-state index is -0.405. The quantitative estimate of drug-likeness (QED) is 0.810. The van der Waals surface area contributed by atoms with E-state index in [9.17, 15) is 9.90 Å². The average Bonchev–Trinajstić information content (AvgIpc) is 2.34. The molecule has 1 heterocycles. The lowest BCUT2D eigenvalue weighted by Crippen LogP contribution is -2.22. The summed E-state index contributed by atoms with van der Waals surface area (Å²) in [7, 11) is 0. The maximum atomic E-state index is 11.7. The van der Waals surface area contributed by atoms with Gasteiger partial charge in [-0.3, -0.25) is 4.79 Å². The molecule has 1 aromatic carbocycles. The number of nitrogens with zero attached hydrogens (tertiary/aromatic N) is 2. The Balaban J connectivity index is 2.69. The second kappa shape index (κ2) is 4.29. The molecule has 5 heteroatoms. The second-order valence-corrected chi connectivity index (χ2v) is 3.65. The number of aromatic nitrogens is 2. The van der Waals surface area contributed by atoms with Gasteiger partial charge in [-0.25, -0.2) is 0 Å². The number of anilines is 1. The van der Waals surface area contributed by atoms with Crippen molar-refractivity contribution in [3.63, 3.8) is 0 Å². The van der Waals surface area contributed by atoms with Gasteiger partial charge in [0.05, 0.1) is 11.8 Å². The van der Waals surface area contributed by atoms with Gasteiger partial charge in [0, 0.05) is 0 Å². The fraction of sp³-hybridized carbons (Fsp3) is 0.167. The Bertz CT molecular complexity index is 605. The maximum Gasteiger partial charge on any atom is 0.275 e. The van der Waals surface area contributed by atoms with Crippen LogP contribution in [0.15, 0.2) is 35.1 Å². The van der Waals surface area contributed by atoms with Crippen molar-refractivity contribution in [3.05, 3.63) is 46.2 Å². The molecule has 0 amide bonds. The monoisotopic (exact) mass is 231 g/mol. The highest BCUT2D eigenvalue weighted by Gasteiger charge is 2.09. The first-order valence-corrected chi connectivity index (χ1v) is 5.30. The van der Waals surface area contributed by atoms with Crippen molar-refractivity contribution >= 4 is 5.82 Å². The summed E-state index contributed by atoms with van der Waals surface area (Å²) >= 11 is 0. The van der Waals surface area contributed by atoms with Crippen molar-refractivity contribution in [2.24, 2.45) is 0 Å². The molecular weight excluding hydrogens is 218 g/mol. The van der Waals surface area contributed by atoms with E-state index in [4.69, 9.17) is 5.73 Å². The fourth-order valence-corrected chi connectivity index (χ4v) is 1.65. The Morgan fingerprint density at radius 1 is 1.41 bits per heavy atom. The molecule has 2 rings (SSSR count). The summed E-state index contributed by atoms with van der Waals surface area (Å²) in [5, 5.41) is 13.2. The number of aryl methyl sites for hydroxylation is 1. The predicted molar refractivity (Wildman–Crippen MR) is 65.3 cm³/mol. The third-order valence-corrected chi connectivity index (χ3v) is 2.54. The molecule has 3 N–H and O–H groups in total. The standard InChI is InChI=1S/C12H13N3O2/c1-2-8-5-3-4-6-9(8)15-11(17)7-10(16)12(13)14-15/h3-7,16H,2H2,1H3,(H2,13,14). The molecule has 0 saturated heterocycles. The number of para-hydroxylation sites is 1. The number of hydrogen-bond donors (Lipinski definition) is 2. The van der Waals surface area contributed by atoms with Crippen LogP contribution < -0.4 is 11.3 Å². The number of nitrogens with two attached hydrogens (primary N) is 1. The third-order valence-electron chi connectivity index (χ3n) is 2.54.